The second-order valence-corrected chi connectivity index (χ2v) is 6.71. The van der Waals surface area contributed by atoms with Crippen LogP contribution in [0.15, 0.2) is 24.3 Å². The number of hydrogen-bond acceptors (Lipinski definition) is 5. The Balaban J connectivity index is 1.25. The molecule has 1 saturated heterocycles. The highest BCUT2D eigenvalue weighted by molar-refractivity contribution is 5.91. The van der Waals surface area contributed by atoms with Gasteiger partial charge < -0.3 is 24.3 Å². The smallest absolute Gasteiger partial charge is 0.244 e. The lowest BCUT2D eigenvalue weighted by molar-refractivity contribution is -0.186. The van der Waals surface area contributed by atoms with Gasteiger partial charge in [0, 0.05) is 25.5 Å². The third-order valence-electron chi connectivity index (χ3n) is 4.86. The van der Waals surface area contributed by atoms with Crippen LogP contribution in [-0.2, 0) is 14.3 Å². The lowest BCUT2D eigenvalue weighted by Gasteiger charge is -2.31. The molecule has 1 amide bonds. The lowest BCUT2D eigenvalue weighted by atomic mass is 9.94. The predicted molar refractivity (Wildman–Crippen MR) is 91.2 cm³/mol. The fourth-order valence-electron chi connectivity index (χ4n) is 3.53. The van der Waals surface area contributed by atoms with Gasteiger partial charge in [-0.3, -0.25) is 4.79 Å². The Labute approximate surface area is 147 Å². The van der Waals surface area contributed by atoms with Gasteiger partial charge in [0.25, 0.3) is 0 Å². The lowest BCUT2D eigenvalue weighted by Crippen LogP contribution is -2.36. The molecule has 2 heterocycles. The van der Waals surface area contributed by atoms with Gasteiger partial charge in [0.15, 0.2) is 17.3 Å². The zero-order valence-electron chi connectivity index (χ0n) is 14.2. The molecule has 4 rings (SSSR count). The van der Waals surface area contributed by atoms with Crippen molar-refractivity contribution < 1.29 is 23.7 Å². The van der Waals surface area contributed by atoms with Crippen LogP contribution in [0.5, 0.6) is 11.5 Å². The van der Waals surface area contributed by atoms with E-state index in [1.54, 1.807) is 6.08 Å². The molecule has 2 aliphatic heterocycles. The first kappa shape index (κ1) is 16.4. The van der Waals surface area contributed by atoms with Crippen LogP contribution in [0.25, 0.3) is 6.08 Å². The fraction of sp³-hybridized carbons (Fsp3) is 0.526. The minimum atomic E-state index is -0.393. The summed E-state index contributed by atoms with van der Waals surface area (Å²) >= 11 is 0. The third kappa shape index (κ3) is 3.80. The molecule has 1 N–H and O–H groups in total. The van der Waals surface area contributed by atoms with Crippen LogP contribution in [0.1, 0.15) is 37.7 Å². The first-order valence-corrected chi connectivity index (χ1v) is 8.90. The number of benzene rings is 1. The number of nitrogens with one attached hydrogen (secondary N) is 1. The Hall–Kier alpha value is -2.05. The van der Waals surface area contributed by atoms with E-state index >= 15 is 0 Å². The molecule has 1 aromatic carbocycles. The number of amides is 1. The maximum absolute atomic E-state index is 12.0. The van der Waals surface area contributed by atoms with Crippen molar-refractivity contribution in [1.82, 2.24) is 5.32 Å². The highest BCUT2D eigenvalue weighted by Gasteiger charge is 2.42. The van der Waals surface area contributed by atoms with Gasteiger partial charge >= 0.3 is 0 Å². The van der Waals surface area contributed by atoms with Gasteiger partial charge in [0.05, 0.1) is 6.61 Å². The largest absolute Gasteiger partial charge is 0.454 e. The summed E-state index contributed by atoms with van der Waals surface area (Å²) in [4.78, 5) is 12.0. The number of carbonyl (C=O) groups excluding carboxylic acids is 1. The van der Waals surface area contributed by atoms with Gasteiger partial charge in [-0.2, -0.15) is 0 Å². The normalized spacial score (nSPS) is 24.1. The number of carbonyl (C=O) groups is 1. The molecule has 134 valence electrons. The summed E-state index contributed by atoms with van der Waals surface area (Å²) in [7, 11) is 0. The summed E-state index contributed by atoms with van der Waals surface area (Å²) < 4.78 is 22.5. The third-order valence-corrected chi connectivity index (χ3v) is 4.86. The summed E-state index contributed by atoms with van der Waals surface area (Å²) in [6.07, 6.45) is 8.68. The van der Waals surface area contributed by atoms with Gasteiger partial charge in [-0.25, -0.2) is 0 Å². The van der Waals surface area contributed by atoms with Crippen molar-refractivity contribution >= 4 is 12.0 Å². The Bertz CT molecular complexity index is 666. The molecule has 1 atom stereocenters. The van der Waals surface area contributed by atoms with E-state index in [0.717, 1.165) is 37.0 Å². The summed E-state index contributed by atoms with van der Waals surface area (Å²) in [5.41, 5.74) is 0.890. The number of rotatable bonds is 4. The highest BCUT2D eigenvalue weighted by Crippen LogP contribution is 2.37. The Morgan fingerprint density at radius 2 is 2.04 bits per heavy atom. The minimum absolute atomic E-state index is 0.0685. The zero-order chi connectivity index (χ0) is 17.1. The van der Waals surface area contributed by atoms with Crippen molar-refractivity contribution in [3.63, 3.8) is 0 Å². The Kier molecular flexibility index (Phi) is 4.63. The monoisotopic (exact) mass is 345 g/mol. The zero-order valence-corrected chi connectivity index (χ0v) is 14.2. The molecule has 1 spiro atoms. The van der Waals surface area contributed by atoms with Gasteiger partial charge in [-0.05, 0) is 36.6 Å². The van der Waals surface area contributed by atoms with Crippen molar-refractivity contribution in [3.05, 3.63) is 29.8 Å². The molecule has 3 aliphatic rings. The van der Waals surface area contributed by atoms with Gasteiger partial charge in [-0.1, -0.05) is 12.5 Å². The summed E-state index contributed by atoms with van der Waals surface area (Å²) in [6.45, 7) is 1.26. The Morgan fingerprint density at radius 3 is 2.92 bits per heavy atom. The Morgan fingerprint density at radius 1 is 1.20 bits per heavy atom. The van der Waals surface area contributed by atoms with E-state index in [1.165, 1.54) is 12.5 Å². The van der Waals surface area contributed by atoms with Crippen LogP contribution in [0, 0.1) is 0 Å². The predicted octanol–water partition coefficient (Wildman–Crippen LogP) is 2.62. The van der Waals surface area contributed by atoms with E-state index < -0.39 is 5.79 Å². The second kappa shape index (κ2) is 7.06. The molecule has 6 heteroatoms. The quantitative estimate of drug-likeness (QED) is 0.850. The van der Waals surface area contributed by atoms with Gasteiger partial charge in [0.2, 0.25) is 12.7 Å². The van der Waals surface area contributed by atoms with E-state index in [1.807, 2.05) is 18.2 Å². The van der Waals surface area contributed by atoms with Crippen LogP contribution in [-0.4, -0.2) is 37.7 Å². The highest BCUT2D eigenvalue weighted by atomic mass is 16.7. The first-order chi connectivity index (χ1) is 12.2. The van der Waals surface area contributed by atoms with Crippen molar-refractivity contribution in [2.24, 2.45) is 0 Å². The fourth-order valence-corrected chi connectivity index (χ4v) is 3.53. The summed E-state index contributed by atoms with van der Waals surface area (Å²) in [5.74, 6) is 0.898. The molecule has 6 nitrogen and oxygen atoms in total. The average molecular weight is 345 g/mol. The number of fused-ring (bicyclic) bond motifs is 1. The van der Waals surface area contributed by atoms with Crippen molar-refractivity contribution in [2.45, 2.75) is 44.0 Å². The first-order valence-electron chi connectivity index (χ1n) is 8.90. The van der Waals surface area contributed by atoms with E-state index in [9.17, 15) is 4.79 Å². The molecular weight excluding hydrogens is 322 g/mol. The van der Waals surface area contributed by atoms with Crippen LogP contribution in [0.3, 0.4) is 0 Å². The molecule has 0 aromatic heterocycles. The van der Waals surface area contributed by atoms with E-state index in [4.69, 9.17) is 18.9 Å². The standard InChI is InChI=1S/C19H23NO5/c21-18(7-5-14-4-6-16-17(10-14)23-13-22-16)20-11-15-12-24-19(25-15)8-2-1-3-9-19/h4-7,10,15H,1-3,8-9,11-13H2,(H,20,21)/b7-5+. The SMILES string of the molecule is O=C(/C=C/c1ccc2c(c1)OCO2)NCC1COC2(CCCCC2)O1. The van der Waals surface area contributed by atoms with Crippen LogP contribution >= 0.6 is 0 Å². The van der Waals surface area contributed by atoms with Gasteiger partial charge in [-0.15, -0.1) is 0 Å². The second-order valence-electron chi connectivity index (χ2n) is 6.71. The van der Waals surface area contributed by atoms with Crippen LogP contribution in [0.4, 0.5) is 0 Å². The molecule has 1 unspecified atom stereocenters. The molecular formula is C19H23NO5. The maximum atomic E-state index is 12.0. The van der Waals surface area contributed by atoms with Gasteiger partial charge in [0.1, 0.15) is 6.10 Å². The van der Waals surface area contributed by atoms with Crippen LogP contribution in [0.2, 0.25) is 0 Å². The molecule has 1 aliphatic carbocycles. The minimum Gasteiger partial charge on any atom is -0.454 e. The summed E-state index contributed by atoms with van der Waals surface area (Å²) in [5, 5.41) is 2.88. The molecule has 25 heavy (non-hydrogen) atoms. The molecule has 0 radical (unpaired) electrons. The van der Waals surface area contributed by atoms with Crippen LogP contribution < -0.4 is 14.8 Å². The van der Waals surface area contributed by atoms with E-state index in [2.05, 4.69) is 5.32 Å². The van der Waals surface area contributed by atoms with Crippen molar-refractivity contribution in [3.8, 4) is 11.5 Å². The molecule has 1 aromatic rings. The van der Waals surface area contributed by atoms with Crippen molar-refractivity contribution in [1.29, 1.82) is 0 Å². The molecule has 0 bridgehead atoms. The van der Waals surface area contributed by atoms with E-state index in [0.29, 0.717) is 18.9 Å². The molecule has 2 fully saturated rings. The number of hydrogen-bond donors (Lipinski definition) is 1. The number of ether oxygens (including phenoxy) is 4. The van der Waals surface area contributed by atoms with Crippen molar-refractivity contribution in [2.75, 3.05) is 19.9 Å². The summed E-state index contributed by atoms with van der Waals surface area (Å²) in [6, 6.07) is 5.58. The maximum Gasteiger partial charge on any atom is 0.244 e. The van der Waals surface area contributed by atoms with E-state index in [-0.39, 0.29) is 18.8 Å². The molecule has 1 saturated carbocycles. The topological polar surface area (TPSA) is 66.0 Å². The average Bonchev–Trinajstić information content (AvgIpc) is 3.25.